The Bertz CT molecular complexity index is 771. The number of nitrogens with one attached hydrogen (secondary N) is 1. The van der Waals surface area contributed by atoms with E-state index in [1.807, 2.05) is 56.3 Å². The maximum Gasteiger partial charge on any atom is 0.244 e. The second-order valence-electron chi connectivity index (χ2n) is 6.03. The largest absolute Gasteiger partial charge is 0.496 e. The lowest BCUT2D eigenvalue weighted by atomic mass is 10.1. The molecule has 0 spiro atoms. The molecule has 0 aliphatic carbocycles. The lowest BCUT2D eigenvalue weighted by Crippen LogP contribution is -2.36. The quantitative estimate of drug-likeness (QED) is 0.878. The number of para-hydroxylation sites is 1. The molecule has 0 bridgehead atoms. The van der Waals surface area contributed by atoms with Crippen molar-refractivity contribution < 1.29 is 14.3 Å². The van der Waals surface area contributed by atoms with Crippen LogP contribution in [0.5, 0.6) is 5.75 Å². The maximum atomic E-state index is 12.3. The van der Waals surface area contributed by atoms with Gasteiger partial charge in [-0.15, -0.1) is 0 Å². The highest BCUT2D eigenvalue weighted by molar-refractivity contribution is 5.94. The molecule has 0 heterocycles. The van der Waals surface area contributed by atoms with Crippen molar-refractivity contribution in [1.29, 1.82) is 0 Å². The van der Waals surface area contributed by atoms with E-state index in [9.17, 15) is 9.59 Å². The number of amides is 2. The highest BCUT2D eigenvalue weighted by atomic mass is 16.5. The molecule has 2 amide bonds. The third kappa shape index (κ3) is 5.08. The zero-order valence-corrected chi connectivity index (χ0v) is 15.1. The monoisotopic (exact) mass is 340 g/mol. The number of rotatable bonds is 6. The fourth-order valence-corrected chi connectivity index (χ4v) is 2.51. The molecule has 0 aliphatic rings. The predicted molar refractivity (Wildman–Crippen MR) is 98.6 cm³/mol. The summed E-state index contributed by atoms with van der Waals surface area (Å²) in [6.07, 6.45) is 0. The Morgan fingerprint density at radius 3 is 2.44 bits per heavy atom. The number of hydrogen-bond donors (Lipinski definition) is 1. The predicted octanol–water partition coefficient (Wildman–Crippen LogP) is 3.30. The van der Waals surface area contributed by atoms with Gasteiger partial charge in [0.25, 0.3) is 0 Å². The Morgan fingerprint density at radius 1 is 1.08 bits per heavy atom. The Balaban J connectivity index is 2.06. The van der Waals surface area contributed by atoms with Crippen LogP contribution in [0.4, 0.5) is 5.69 Å². The van der Waals surface area contributed by atoms with Gasteiger partial charge in [0.05, 0.1) is 7.11 Å². The summed E-state index contributed by atoms with van der Waals surface area (Å²) in [5.41, 5.74) is 3.86. The molecule has 2 aromatic rings. The van der Waals surface area contributed by atoms with Gasteiger partial charge < -0.3 is 15.0 Å². The molecular weight excluding hydrogens is 316 g/mol. The van der Waals surface area contributed by atoms with Crippen molar-refractivity contribution in [2.45, 2.75) is 27.3 Å². The van der Waals surface area contributed by atoms with Crippen molar-refractivity contribution >= 4 is 17.5 Å². The molecule has 0 aromatic heterocycles. The van der Waals surface area contributed by atoms with Crippen molar-refractivity contribution in [1.82, 2.24) is 4.90 Å². The van der Waals surface area contributed by atoms with Gasteiger partial charge >= 0.3 is 0 Å². The molecule has 0 radical (unpaired) electrons. The van der Waals surface area contributed by atoms with E-state index in [1.54, 1.807) is 7.11 Å². The summed E-state index contributed by atoms with van der Waals surface area (Å²) in [6.45, 7) is 5.78. The Hall–Kier alpha value is -2.82. The van der Waals surface area contributed by atoms with Crippen LogP contribution in [0.1, 0.15) is 23.6 Å². The molecule has 5 heteroatoms. The minimum absolute atomic E-state index is 0.0136. The van der Waals surface area contributed by atoms with Crippen LogP contribution in [-0.2, 0) is 16.1 Å². The van der Waals surface area contributed by atoms with E-state index in [0.717, 1.165) is 16.8 Å². The molecule has 0 atom stereocenters. The van der Waals surface area contributed by atoms with Crippen LogP contribution in [0.15, 0.2) is 42.5 Å². The van der Waals surface area contributed by atoms with Crippen molar-refractivity contribution in [2.75, 3.05) is 19.0 Å². The topological polar surface area (TPSA) is 58.6 Å². The van der Waals surface area contributed by atoms with Gasteiger partial charge in [-0.3, -0.25) is 9.59 Å². The van der Waals surface area contributed by atoms with Crippen molar-refractivity contribution in [2.24, 2.45) is 0 Å². The fraction of sp³-hybridized carbons (Fsp3) is 0.300. The lowest BCUT2D eigenvalue weighted by Gasteiger charge is -2.22. The molecule has 1 N–H and O–H groups in total. The van der Waals surface area contributed by atoms with E-state index in [2.05, 4.69) is 5.32 Å². The highest BCUT2D eigenvalue weighted by Crippen LogP contribution is 2.19. The summed E-state index contributed by atoms with van der Waals surface area (Å²) in [4.78, 5) is 25.8. The van der Waals surface area contributed by atoms with Crippen LogP contribution < -0.4 is 10.1 Å². The molecule has 132 valence electrons. The number of ether oxygens (including phenoxy) is 1. The Morgan fingerprint density at radius 2 is 1.80 bits per heavy atom. The number of benzene rings is 2. The van der Waals surface area contributed by atoms with Crippen LogP contribution in [0, 0.1) is 13.8 Å². The highest BCUT2D eigenvalue weighted by Gasteiger charge is 2.16. The van der Waals surface area contributed by atoms with Gasteiger partial charge in [0.2, 0.25) is 11.8 Å². The van der Waals surface area contributed by atoms with E-state index < -0.39 is 0 Å². The molecule has 25 heavy (non-hydrogen) atoms. The average molecular weight is 340 g/mol. The first-order valence-electron chi connectivity index (χ1n) is 8.15. The second kappa shape index (κ2) is 8.33. The Labute approximate surface area is 148 Å². The number of hydrogen-bond acceptors (Lipinski definition) is 3. The van der Waals surface area contributed by atoms with E-state index in [0.29, 0.717) is 12.3 Å². The van der Waals surface area contributed by atoms with Crippen LogP contribution >= 0.6 is 0 Å². The van der Waals surface area contributed by atoms with E-state index >= 15 is 0 Å². The SMILES string of the molecule is COc1ccccc1CN(CC(=O)Nc1ccc(C)c(C)c1)C(C)=O. The van der Waals surface area contributed by atoms with Gasteiger partial charge in [-0.1, -0.05) is 24.3 Å². The summed E-state index contributed by atoms with van der Waals surface area (Å²) in [6, 6.07) is 13.2. The van der Waals surface area contributed by atoms with Gasteiger partial charge in [-0.2, -0.15) is 0 Å². The Kier molecular flexibility index (Phi) is 6.17. The summed E-state index contributed by atoms with van der Waals surface area (Å²) < 4.78 is 5.31. The van der Waals surface area contributed by atoms with E-state index in [4.69, 9.17) is 4.74 Å². The number of nitrogens with zero attached hydrogens (tertiary/aromatic N) is 1. The zero-order chi connectivity index (χ0) is 18.4. The maximum absolute atomic E-state index is 12.3. The number of carbonyl (C=O) groups excluding carboxylic acids is 2. The summed E-state index contributed by atoms with van der Waals surface area (Å²) >= 11 is 0. The number of methoxy groups -OCH3 is 1. The minimum Gasteiger partial charge on any atom is -0.496 e. The molecule has 0 fully saturated rings. The standard InChI is InChI=1S/C20H24N2O3/c1-14-9-10-18(11-15(14)2)21-20(24)13-22(16(3)23)12-17-7-5-6-8-19(17)25-4/h5-11H,12-13H2,1-4H3,(H,21,24). The van der Waals surface area contributed by atoms with Crippen LogP contribution in [-0.4, -0.2) is 30.4 Å². The first kappa shape index (κ1) is 18.5. The summed E-state index contributed by atoms with van der Waals surface area (Å²) in [5, 5.41) is 2.85. The molecule has 0 unspecified atom stereocenters. The minimum atomic E-state index is -0.228. The molecular formula is C20H24N2O3. The van der Waals surface area contributed by atoms with Gasteiger partial charge in [0.1, 0.15) is 12.3 Å². The normalized spacial score (nSPS) is 10.2. The molecule has 2 rings (SSSR count). The number of carbonyl (C=O) groups is 2. The van der Waals surface area contributed by atoms with Gasteiger partial charge in [-0.05, 0) is 43.2 Å². The first-order valence-corrected chi connectivity index (χ1v) is 8.15. The van der Waals surface area contributed by atoms with Crippen LogP contribution in [0.3, 0.4) is 0 Å². The number of aryl methyl sites for hydroxylation is 2. The average Bonchev–Trinajstić information content (AvgIpc) is 2.58. The molecule has 0 aliphatic heterocycles. The number of anilines is 1. The zero-order valence-electron chi connectivity index (χ0n) is 15.1. The van der Waals surface area contributed by atoms with Gasteiger partial charge in [-0.25, -0.2) is 0 Å². The third-order valence-corrected chi connectivity index (χ3v) is 4.12. The first-order chi connectivity index (χ1) is 11.9. The van der Waals surface area contributed by atoms with Crippen LogP contribution in [0.2, 0.25) is 0 Å². The van der Waals surface area contributed by atoms with Crippen molar-refractivity contribution in [3.05, 3.63) is 59.2 Å². The second-order valence-corrected chi connectivity index (χ2v) is 6.03. The smallest absolute Gasteiger partial charge is 0.244 e. The summed E-state index contributed by atoms with van der Waals surface area (Å²) in [7, 11) is 1.59. The fourth-order valence-electron chi connectivity index (χ4n) is 2.51. The molecule has 0 saturated carbocycles. The summed E-state index contributed by atoms with van der Waals surface area (Å²) in [5.74, 6) is 0.304. The van der Waals surface area contributed by atoms with E-state index in [-0.39, 0.29) is 18.4 Å². The van der Waals surface area contributed by atoms with Crippen molar-refractivity contribution in [3.63, 3.8) is 0 Å². The third-order valence-electron chi connectivity index (χ3n) is 4.12. The molecule has 5 nitrogen and oxygen atoms in total. The lowest BCUT2D eigenvalue weighted by molar-refractivity contribution is -0.133. The molecule has 0 saturated heterocycles. The molecule has 2 aromatic carbocycles. The van der Waals surface area contributed by atoms with Crippen LogP contribution in [0.25, 0.3) is 0 Å². The van der Waals surface area contributed by atoms with Gasteiger partial charge in [0.15, 0.2) is 0 Å². The van der Waals surface area contributed by atoms with Crippen molar-refractivity contribution in [3.8, 4) is 5.75 Å². The van der Waals surface area contributed by atoms with E-state index in [1.165, 1.54) is 17.4 Å². The van der Waals surface area contributed by atoms with Gasteiger partial charge in [0, 0.05) is 24.7 Å².